The largest absolute Gasteiger partial charge is 0.352 e. The number of nitrogens with one attached hydrogen (secondary N) is 1. The minimum absolute atomic E-state index is 0.146. The molecule has 1 aromatic carbocycles. The number of H-pyrrole nitrogens is 1. The molecule has 0 bridgehead atoms. The van der Waals surface area contributed by atoms with E-state index in [9.17, 15) is 4.79 Å². The quantitative estimate of drug-likeness (QED) is 0.624. The maximum atomic E-state index is 11.3. The molecule has 0 fully saturated rings. The smallest absolute Gasteiger partial charge is 0.272 e. The van der Waals surface area contributed by atoms with Gasteiger partial charge >= 0.3 is 0 Å². The van der Waals surface area contributed by atoms with Crippen molar-refractivity contribution in [1.29, 1.82) is 0 Å². The Labute approximate surface area is 74.4 Å². The van der Waals surface area contributed by atoms with E-state index in [1.807, 2.05) is 18.2 Å². The van der Waals surface area contributed by atoms with Crippen LogP contribution in [-0.2, 0) is 6.54 Å². The van der Waals surface area contributed by atoms with Gasteiger partial charge in [0.05, 0.1) is 5.39 Å². The molecule has 1 heterocycles. The zero-order chi connectivity index (χ0) is 9.26. The van der Waals surface area contributed by atoms with Crippen molar-refractivity contribution in [1.82, 2.24) is 10.2 Å². The molecule has 0 saturated heterocycles. The van der Waals surface area contributed by atoms with Crippen LogP contribution in [0, 0.1) is 0 Å². The fourth-order valence-electron chi connectivity index (χ4n) is 1.36. The summed E-state index contributed by atoms with van der Waals surface area (Å²) in [6.07, 6.45) is 0. The summed E-state index contributed by atoms with van der Waals surface area (Å²) in [5.74, 6) is 0. The van der Waals surface area contributed by atoms with E-state index in [1.54, 1.807) is 6.07 Å². The summed E-state index contributed by atoms with van der Waals surface area (Å²) in [6.45, 7) is 0.581. The number of hydrogen-bond donors (Lipinski definition) is 2. The van der Waals surface area contributed by atoms with E-state index in [4.69, 9.17) is 0 Å². The zero-order valence-corrected chi connectivity index (χ0v) is 7.08. The van der Waals surface area contributed by atoms with Gasteiger partial charge in [0.15, 0.2) is 0 Å². The average Bonchev–Trinajstić information content (AvgIpc) is 2.19. The van der Waals surface area contributed by atoms with Crippen molar-refractivity contribution in [2.45, 2.75) is 6.54 Å². The number of fused-ring (bicyclic) bond motifs is 1. The second-order valence-electron chi connectivity index (χ2n) is 2.80. The van der Waals surface area contributed by atoms with E-state index >= 15 is 0 Å². The summed E-state index contributed by atoms with van der Waals surface area (Å²) in [4.78, 5) is 11.3. The number of aromatic amines is 1. The van der Waals surface area contributed by atoms with Crippen LogP contribution in [0.25, 0.3) is 10.8 Å². The molecule has 4 heteroatoms. The lowest BCUT2D eigenvalue weighted by molar-refractivity contribution is -0.387. The molecule has 0 amide bonds. The van der Waals surface area contributed by atoms with Gasteiger partial charge in [-0.2, -0.15) is 5.10 Å². The Bertz CT molecular complexity index is 489. The standard InChI is InChI=1S/C9H9N3O/c10-5-8-6-3-1-2-4-7(6)9(13)12-11-8/h1-4H,5,10H2,(H,12,13)/p+1. The second kappa shape index (κ2) is 2.99. The van der Waals surface area contributed by atoms with Gasteiger partial charge in [-0.1, -0.05) is 18.2 Å². The first-order valence-corrected chi connectivity index (χ1v) is 4.08. The van der Waals surface area contributed by atoms with Crippen LogP contribution in [0.2, 0.25) is 0 Å². The third kappa shape index (κ3) is 1.21. The van der Waals surface area contributed by atoms with Gasteiger partial charge in [0, 0.05) is 5.39 Å². The summed E-state index contributed by atoms with van der Waals surface area (Å²) in [6, 6.07) is 7.40. The van der Waals surface area contributed by atoms with E-state index < -0.39 is 0 Å². The highest BCUT2D eigenvalue weighted by Crippen LogP contribution is 2.10. The lowest BCUT2D eigenvalue weighted by Crippen LogP contribution is -2.48. The number of rotatable bonds is 1. The third-order valence-corrected chi connectivity index (χ3v) is 2.01. The molecule has 2 rings (SSSR count). The van der Waals surface area contributed by atoms with Gasteiger partial charge in [-0.05, 0) is 6.07 Å². The highest BCUT2D eigenvalue weighted by molar-refractivity contribution is 5.83. The molecule has 0 saturated carbocycles. The third-order valence-electron chi connectivity index (χ3n) is 2.01. The number of nitrogens with zero attached hydrogens (tertiary/aromatic N) is 1. The first-order valence-electron chi connectivity index (χ1n) is 4.08. The van der Waals surface area contributed by atoms with Crippen molar-refractivity contribution in [3.05, 3.63) is 40.3 Å². The van der Waals surface area contributed by atoms with Gasteiger partial charge < -0.3 is 5.73 Å². The van der Waals surface area contributed by atoms with Crippen LogP contribution in [0.5, 0.6) is 0 Å². The maximum Gasteiger partial charge on any atom is 0.272 e. The number of hydrogen-bond acceptors (Lipinski definition) is 2. The molecule has 0 unspecified atom stereocenters. The summed E-state index contributed by atoms with van der Waals surface area (Å²) in [5, 5.41) is 7.94. The summed E-state index contributed by atoms with van der Waals surface area (Å²) in [7, 11) is 0. The molecule has 0 atom stereocenters. The molecule has 0 aliphatic heterocycles. The van der Waals surface area contributed by atoms with Crippen LogP contribution < -0.4 is 11.3 Å². The Morgan fingerprint density at radius 3 is 2.69 bits per heavy atom. The minimum atomic E-state index is -0.146. The van der Waals surface area contributed by atoms with Gasteiger partial charge in [-0.3, -0.25) is 4.79 Å². The van der Waals surface area contributed by atoms with Crippen LogP contribution >= 0.6 is 0 Å². The van der Waals surface area contributed by atoms with Crippen LogP contribution in [0.3, 0.4) is 0 Å². The molecule has 2 aromatic rings. The molecule has 0 aliphatic rings. The Morgan fingerprint density at radius 1 is 1.31 bits per heavy atom. The van der Waals surface area contributed by atoms with Gasteiger partial charge in [0.25, 0.3) is 5.56 Å². The monoisotopic (exact) mass is 176 g/mol. The second-order valence-corrected chi connectivity index (χ2v) is 2.80. The molecular formula is C9H10N3O+. The molecule has 13 heavy (non-hydrogen) atoms. The summed E-state index contributed by atoms with van der Waals surface area (Å²) in [5.41, 5.74) is 4.43. The summed E-state index contributed by atoms with van der Waals surface area (Å²) < 4.78 is 0. The van der Waals surface area contributed by atoms with E-state index in [0.29, 0.717) is 11.9 Å². The Balaban J connectivity index is 2.93. The number of aromatic nitrogens is 2. The van der Waals surface area contributed by atoms with Crippen molar-refractivity contribution in [3.8, 4) is 0 Å². The van der Waals surface area contributed by atoms with Crippen molar-refractivity contribution in [2.24, 2.45) is 0 Å². The van der Waals surface area contributed by atoms with Crippen LogP contribution in [-0.4, -0.2) is 10.2 Å². The predicted molar refractivity (Wildman–Crippen MR) is 49.0 cm³/mol. The maximum absolute atomic E-state index is 11.3. The highest BCUT2D eigenvalue weighted by atomic mass is 16.1. The summed E-state index contributed by atoms with van der Waals surface area (Å²) >= 11 is 0. The molecule has 0 aliphatic carbocycles. The van der Waals surface area contributed by atoms with Gasteiger partial charge in [-0.15, -0.1) is 0 Å². The van der Waals surface area contributed by atoms with Crippen molar-refractivity contribution < 1.29 is 5.73 Å². The van der Waals surface area contributed by atoms with Gasteiger partial charge in [0.1, 0.15) is 12.2 Å². The van der Waals surface area contributed by atoms with Crippen molar-refractivity contribution in [2.75, 3.05) is 0 Å². The lowest BCUT2D eigenvalue weighted by Gasteiger charge is -1.98. The lowest BCUT2D eigenvalue weighted by atomic mass is 10.1. The molecular weight excluding hydrogens is 166 g/mol. The van der Waals surface area contributed by atoms with Gasteiger partial charge in [0.2, 0.25) is 0 Å². The molecule has 0 radical (unpaired) electrons. The molecule has 66 valence electrons. The highest BCUT2D eigenvalue weighted by Gasteiger charge is 2.04. The van der Waals surface area contributed by atoms with Crippen molar-refractivity contribution in [3.63, 3.8) is 0 Å². The Morgan fingerprint density at radius 2 is 2.00 bits per heavy atom. The topological polar surface area (TPSA) is 73.4 Å². The predicted octanol–water partition coefficient (Wildman–Crippen LogP) is -0.335. The molecule has 4 N–H and O–H groups in total. The van der Waals surface area contributed by atoms with E-state index in [0.717, 1.165) is 11.1 Å². The first kappa shape index (κ1) is 7.94. The van der Waals surface area contributed by atoms with Crippen LogP contribution in [0.15, 0.2) is 29.1 Å². The zero-order valence-electron chi connectivity index (χ0n) is 7.08. The van der Waals surface area contributed by atoms with E-state index in [-0.39, 0.29) is 5.56 Å². The first-order chi connectivity index (χ1) is 6.33. The molecule has 1 aromatic heterocycles. The molecule has 0 spiro atoms. The average molecular weight is 176 g/mol. The number of quaternary nitrogens is 1. The van der Waals surface area contributed by atoms with E-state index in [1.165, 1.54) is 0 Å². The SMILES string of the molecule is [NH3+]Cc1n[nH]c(=O)c2ccccc12. The van der Waals surface area contributed by atoms with Crippen molar-refractivity contribution >= 4 is 10.8 Å². The Hall–Kier alpha value is -1.68. The fourth-order valence-corrected chi connectivity index (χ4v) is 1.36. The number of benzene rings is 1. The van der Waals surface area contributed by atoms with E-state index in [2.05, 4.69) is 15.9 Å². The normalized spacial score (nSPS) is 10.5. The Kier molecular flexibility index (Phi) is 1.83. The molecule has 4 nitrogen and oxygen atoms in total. The van der Waals surface area contributed by atoms with Crippen LogP contribution in [0.4, 0.5) is 0 Å². The van der Waals surface area contributed by atoms with Gasteiger partial charge in [-0.25, -0.2) is 5.10 Å². The fraction of sp³-hybridized carbons (Fsp3) is 0.111. The minimum Gasteiger partial charge on any atom is -0.352 e. The van der Waals surface area contributed by atoms with Crippen LogP contribution in [0.1, 0.15) is 5.69 Å².